The molecule has 2 aromatic heterocycles. The number of para-hydroxylation sites is 1. The number of aromatic nitrogens is 1. The monoisotopic (exact) mass is 340 g/mol. The van der Waals surface area contributed by atoms with Gasteiger partial charge in [-0.1, -0.05) is 36.2 Å². The first-order valence-electron chi connectivity index (χ1n) is 8.47. The largest absolute Gasteiger partial charge is 0.356 e. The van der Waals surface area contributed by atoms with Gasteiger partial charge in [0.2, 0.25) is 5.91 Å². The van der Waals surface area contributed by atoms with Gasteiger partial charge in [-0.05, 0) is 42.3 Å². The standard InChI is InChI=1S/C19H20N2O2S/c22-18(12-15-14-8-3-4-9-16(14)23-21-15)20-19(13-6-1-2-7-13)17-10-5-11-24-17/h3-5,8-11,13,19H,1-2,6-7,12H2,(H,20,22). The Morgan fingerprint density at radius 3 is 2.88 bits per heavy atom. The number of nitrogens with zero attached hydrogens (tertiary/aromatic N) is 1. The van der Waals surface area contributed by atoms with Gasteiger partial charge in [-0.2, -0.15) is 0 Å². The zero-order valence-corrected chi connectivity index (χ0v) is 14.2. The number of thiophene rings is 1. The number of benzene rings is 1. The molecule has 1 aliphatic carbocycles. The van der Waals surface area contributed by atoms with Gasteiger partial charge in [-0.25, -0.2) is 0 Å². The lowest BCUT2D eigenvalue weighted by atomic mass is 9.96. The summed E-state index contributed by atoms with van der Waals surface area (Å²) in [7, 11) is 0. The molecule has 0 aliphatic heterocycles. The highest BCUT2D eigenvalue weighted by atomic mass is 32.1. The zero-order valence-electron chi connectivity index (χ0n) is 13.4. The van der Waals surface area contributed by atoms with E-state index in [1.807, 2.05) is 24.3 Å². The average Bonchev–Trinajstić information content (AvgIpc) is 3.35. The smallest absolute Gasteiger partial charge is 0.226 e. The molecule has 1 atom stereocenters. The van der Waals surface area contributed by atoms with E-state index in [0.29, 0.717) is 11.6 Å². The number of hydrogen-bond acceptors (Lipinski definition) is 4. The molecule has 24 heavy (non-hydrogen) atoms. The van der Waals surface area contributed by atoms with Gasteiger partial charge in [-0.3, -0.25) is 4.79 Å². The SMILES string of the molecule is O=C(Cc1noc2ccccc12)NC(c1cccs1)C1CCCC1. The molecule has 1 unspecified atom stereocenters. The molecule has 4 rings (SSSR count). The maximum absolute atomic E-state index is 12.6. The number of nitrogens with one attached hydrogen (secondary N) is 1. The molecule has 124 valence electrons. The van der Waals surface area contributed by atoms with Crippen LogP contribution in [-0.2, 0) is 11.2 Å². The van der Waals surface area contributed by atoms with Crippen molar-refractivity contribution in [2.45, 2.75) is 38.1 Å². The number of fused-ring (bicyclic) bond motifs is 1. The van der Waals surface area contributed by atoms with Crippen LogP contribution in [0.2, 0.25) is 0 Å². The second-order valence-electron chi connectivity index (χ2n) is 6.41. The Hall–Kier alpha value is -2.14. The molecule has 0 saturated heterocycles. The van der Waals surface area contributed by atoms with Crippen LogP contribution in [0.4, 0.5) is 0 Å². The minimum absolute atomic E-state index is 0.0133. The normalized spacial score (nSPS) is 16.5. The van der Waals surface area contributed by atoms with E-state index in [1.54, 1.807) is 11.3 Å². The first kappa shape index (κ1) is 15.4. The van der Waals surface area contributed by atoms with Gasteiger partial charge in [0.1, 0.15) is 5.69 Å². The van der Waals surface area contributed by atoms with Crippen molar-refractivity contribution in [2.24, 2.45) is 5.92 Å². The Morgan fingerprint density at radius 1 is 1.25 bits per heavy atom. The molecule has 1 amide bonds. The van der Waals surface area contributed by atoms with Gasteiger partial charge in [0.25, 0.3) is 0 Å². The third-order valence-electron chi connectivity index (χ3n) is 4.82. The molecule has 2 heterocycles. The molecule has 3 aromatic rings. The first-order valence-corrected chi connectivity index (χ1v) is 9.35. The van der Waals surface area contributed by atoms with Crippen LogP contribution >= 0.6 is 11.3 Å². The Bertz CT molecular complexity index is 819. The molecule has 1 fully saturated rings. The molecule has 5 heteroatoms. The molecule has 1 aromatic carbocycles. The zero-order chi connectivity index (χ0) is 16.4. The van der Waals surface area contributed by atoms with E-state index >= 15 is 0 Å². The minimum atomic E-state index is 0.0133. The van der Waals surface area contributed by atoms with Gasteiger partial charge in [0.05, 0.1) is 12.5 Å². The number of carbonyl (C=O) groups excluding carboxylic acids is 1. The van der Waals surface area contributed by atoms with E-state index in [1.165, 1.54) is 30.6 Å². The van der Waals surface area contributed by atoms with Crippen LogP contribution in [0, 0.1) is 5.92 Å². The summed E-state index contributed by atoms with van der Waals surface area (Å²) in [5.74, 6) is 0.556. The summed E-state index contributed by atoms with van der Waals surface area (Å²) in [6.07, 6.45) is 5.16. The van der Waals surface area contributed by atoms with Gasteiger partial charge in [-0.15, -0.1) is 11.3 Å². The van der Waals surface area contributed by atoms with Gasteiger partial charge in [0, 0.05) is 10.3 Å². The molecular weight excluding hydrogens is 320 g/mol. The summed E-state index contributed by atoms with van der Waals surface area (Å²) in [5, 5.41) is 10.3. The second kappa shape index (κ2) is 6.77. The highest BCUT2D eigenvalue weighted by Gasteiger charge is 2.28. The third-order valence-corrected chi connectivity index (χ3v) is 5.77. The highest BCUT2D eigenvalue weighted by Crippen LogP contribution is 2.37. The highest BCUT2D eigenvalue weighted by molar-refractivity contribution is 7.10. The Kier molecular flexibility index (Phi) is 4.34. The van der Waals surface area contributed by atoms with Crippen molar-refractivity contribution in [3.05, 3.63) is 52.3 Å². The summed E-state index contributed by atoms with van der Waals surface area (Å²) in [6.45, 7) is 0. The predicted molar refractivity (Wildman–Crippen MR) is 94.9 cm³/mol. The maximum Gasteiger partial charge on any atom is 0.226 e. The molecule has 4 nitrogen and oxygen atoms in total. The van der Waals surface area contributed by atoms with Gasteiger partial charge >= 0.3 is 0 Å². The van der Waals surface area contributed by atoms with Crippen molar-refractivity contribution in [1.29, 1.82) is 0 Å². The number of hydrogen-bond donors (Lipinski definition) is 1. The fourth-order valence-electron chi connectivity index (χ4n) is 3.62. The van der Waals surface area contributed by atoms with Crippen LogP contribution in [0.15, 0.2) is 46.3 Å². The number of amides is 1. The summed E-state index contributed by atoms with van der Waals surface area (Å²) in [6, 6.07) is 12.0. The molecule has 1 saturated carbocycles. The molecule has 0 radical (unpaired) electrons. The van der Waals surface area contributed by atoms with E-state index in [9.17, 15) is 4.79 Å². The third kappa shape index (κ3) is 3.08. The fraction of sp³-hybridized carbons (Fsp3) is 0.368. The van der Waals surface area contributed by atoms with Gasteiger partial charge < -0.3 is 9.84 Å². The fourth-order valence-corrected chi connectivity index (χ4v) is 4.49. The summed E-state index contributed by atoms with van der Waals surface area (Å²) >= 11 is 1.72. The topological polar surface area (TPSA) is 55.1 Å². The van der Waals surface area contributed by atoms with E-state index in [-0.39, 0.29) is 18.4 Å². The maximum atomic E-state index is 12.6. The van der Waals surface area contributed by atoms with Crippen molar-refractivity contribution in [2.75, 3.05) is 0 Å². The molecule has 0 bridgehead atoms. The van der Waals surface area contributed by atoms with E-state index < -0.39 is 0 Å². The Balaban J connectivity index is 1.51. The molecule has 0 spiro atoms. The first-order chi connectivity index (χ1) is 11.8. The summed E-state index contributed by atoms with van der Waals surface area (Å²) in [4.78, 5) is 13.9. The number of carbonyl (C=O) groups is 1. The van der Waals surface area contributed by atoms with E-state index in [2.05, 4.69) is 28.0 Å². The molecule has 1 N–H and O–H groups in total. The minimum Gasteiger partial charge on any atom is -0.356 e. The average molecular weight is 340 g/mol. The van der Waals surface area contributed by atoms with Crippen LogP contribution in [0.3, 0.4) is 0 Å². The van der Waals surface area contributed by atoms with Crippen LogP contribution in [0.25, 0.3) is 11.0 Å². The van der Waals surface area contributed by atoms with E-state index in [4.69, 9.17) is 4.52 Å². The van der Waals surface area contributed by atoms with Crippen LogP contribution in [-0.4, -0.2) is 11.1 Å². The Morgan fingerprint density at radius 2 is 2.08 bits per heavy atom. The number of rotatable bonds is 5. The summed E-state index contributed by atoms with van der Waals surface area (Å²) in [5.41, 5.74) is 1.44. The van der Waals surface area contributed by atoms with Crippen LogP contribution < -0.4 is 5.32 Å². The van der Waals surface area contributed by atoms with Crippen molar-refractivity contribution < 1.29 is 9.32 Å². The van der Waals surface area contributed by atoms with Crippen molar-refractivity contribution >= 4 is 28.2 Å². The van der Waals surface area contributed by atoms with Crippen molar-refractivity contribution in [3.8, 4) is 0 Å². The Labute approximate surface area is 144 Å². The van der Waals surface area contributed by atoms with Gasteiger partial charge in [0.15, 0.2) is 5.58 Å². The lowest BCUT2D eigenvalue weighted by Crippen LogP contribution is -2.33. The lowest BCUT2D eigenvalue weighted by Gasteiger charge is -2.23. The van der Waals surface area contributed by atoms with Crippen LogP contribution in [0.5, 0.6) is 0 Å². The lowest BCUT2D eigenvalue weighted by molar-refractivity contribution is -0.121. The van der Waals surface area contributed by atoms with Crippen LogP contribution in [0.1, 0.15) is 42.3 Å². The quantitative estimate of drug-likeness (QED) is 0.745. The predicted octanol–water partition coefficient (Wildman–Crippen LogP) is 4.48. The molecular formula is C19H20N2O2S. The van der Waals surface area contributed by atoms with Crippen molar-refractivity contribution in [1.82, 2.24) is 10.5 Å². The second-order valence-corrected chi connectivity index (χ2v) is 7.39. The summed E-state index contributed by atoms with van der Waals surface area (Å²) < 4.78 is 5.30. The van der Waals surface area contributed by atoms with Crippen molar-refractivity contribution in [3.63, 3.8) is 0 Å². The van der Waals surface area contributed by atoms with E-state index in [0.717, 1.165) is 11.0 Å². The molecule has 1 aliphatic rings.